The molecule has 0 amide bonds. The molecule has 1 rings (SSSR count). The summed E-state index contributed by atoms with van der Waals surface area (Å²) in [7, 11) is 0. The van der Waals surface area contributed by atoms with Crippen LogP contribution >= 0.6 is 0 Å². The monoisotopic (exact) mass is 153 g/mol. The molecule has 1 aromatic rings. The van der Waals surface area contributed by atoms with E-state index in [1.165, 1.54) is 19.4 Å². The van der Waals surface area contributed by atoms with Crippen molar-refractivity contribution >= 4 is 11.6 Å². The predicted octanol–water partition coefficient (Wildman–Crippen LogP) is 0.836. The van der Waals surface area contributed by atoms with Crippen LogP contribution < -0.4 is 0 Å². The van der Waals surface area contributed by atoms with E-state index < -0.39 is 0 Å². The van der Waals surface area contributed by atoms with Crippen LogP contribution in [-0.2, 0) is 4.79 Å². The summed E-state index contributed by atoms with van der Waals surface area (Å²) >= 11 is 0. The molecule has 0 aromatic carbocycles. The Morgan fingerprint density at radius 3 is 2.82 bits per heavy atom. The largest absolute Gasteiger partial charge is 0.442 e. The summed E-state index contributed by atoms with van der Waals surface area (Å²) in [5.41, 5.74) is 0. The number of nitrogens with zero attached hydrogens (tertiary/aromatic N) is 1. The fraction of sp³-hybridized carbons (Fsp3) is 0.286. The van der Waals surface area contributed by atoms with E-state index in [0.717, 1.165) is 0 Å². The van der Waals surface area contributed by atoms with Gasteiger partial charge in [0.05, 0.1) is 12.6 Å². The van der Waals surface area contributed by atoms with E-state index in [0.29, 0.717) is 0 Å². The van der Waals surface area contributed by atoms with Crippen molar-refractivity contribution in [3.05, 3.63) is 18.4 Å². The van der Waals surface area contributed by atoms with E-state index in [2.05, 4.69) is 9.40 Å². The zero-order valence-electron chi connectivity index (χ0n) is 6.03. The van der Waals surface area contributed by atoms with Crippen LogP contribution in [0.2, 0.25) is 0 Å². The highest BCUT2D eigenvalue weighted by molar-refractivity contribution is 6.04. The summed E-state index contributed by atoms with van der Waals surface area (Å²) in [4.78, 5) is 25.0. The van der Waals surface area contributed by atoms with E-state index in [9.17, 15) is 9.59 Å². The molecule has 0 aliphatic heterocycles. The summed E-state index contributed by atoms with van der Waals surface area (Å²) in [6, 6.07) is 0. The minimum absolute atomic E-state index is 0.000185. The second-order valence-electron chi connectivity index (χ2n) is 2.14. The summed E-state index contributed by atoms with van der Waals surface area (Å²) < 4.78 is 4.68. The van der Waals surface area contributed by atoms with Crippen LogP contribution in [0.25, 0.3) is 0 Å². The van der Waals surface area contributed by atoms with Gasteiger partial charge in [-0.05, 0) is 6.92 Å². The van der Waals surface area contributed by atoms with Crippen LogP contribution in [0.3, 0.4) is 0 Å². The second-order valence-corrected chi connectivity index (χ2v) is 2.14. The number of oxazole rings is 1. The van der Waals surface area contributed by atoms with Crippen molar-refractivity contribution in [3.8, 4) is 0 Å². The van der Waals surface area contributed by atoms with Gasteiger partial charge in [-0.25, -0.2) is 4.98 Å². The first-order valence-electron chi connectivity index (χ1n) is 3.12. The number of Topliss-reactive ketones (excluding diaryl/α,β-unsaturated/α-hetero) is 2. The average molecular weight is 153 g/mol. The molecular formula is C7H7NO3. The van der Waals surface area contributed by atoms with Gasteiger partial charge in [-0.2, -0.15) is 0 Å². The third-order valence-electron chi connectivity index (χ3n) is 1.08. The fourth-order valence-electron chi connectivity index (χ4n) is 0.663. The Morgan fingerprint density at radius 1 is 1.64 bits per heavy atom. The van der Waals surface area contributed by atoms with Gasteiger partial charge in [-0.3, -0.25) is 9.59 Å². The fourth-order valence-corrected chi connectivity index (χ4v) is 0.663. The van der Waals surface area contributed by atoms with Gasteiger partial charge in [0.1, 0.15) is 12.0 Å². The van der Waals surface area contributed by atoms with Gasteiger partial charge in [0, 0.05) is 0 Å². The van der Waals surface area contributed by atoms with Gasteiger partial charge in [0.15, 0.2) is 0 Å². The van der Waals surface area contributed by atoms with Gasteiger partial charge in [-0.15, -0.1) is 0 Å². The maximum atomic E-state index is 10.9. The van der Waals surface area contributed by atoms with Crippen LogP contribution in [0.4, 0.5) is 0 Å². The predicted molar refractivity (Wildman–Crippen MR) is 36.1 cm³/mol. The molecule has 0 spiro atoms. The van der Waals surface area contributed by atoms with Crippen LogP contribution in [0.1, 0.15) is 24.0 Å². The second kappa shape index (κ2) is 3.09. The third kappa shape index (κ3) is 2.00. The summed E-state index contributed by atoms with van der Waals surface area (Å²) in [5, 5.41) is 0. The molecular weight excluding hydrogens is 146 g/mol. The van der Waals surface area contributed by atoms with Gasteiger partial charge in [0.2, 0.25) is 5.78 Å². The molecule has 0 aliphatic carbocycles. The van der Waals surface area contributed by atoms with Crippen LogP contribution in [0, 0.1) is 0 Å². The number of aromatic nitrogens is 1. The molecule has 0 fully saturated rings. The number of hydrogen-bond donors (Lipinski definition) is 0. The highest BCUT2D eigenvalue weighted by atomic mass is 16.3. The molecule has 4 heteroatoms. The number of ketones is 2. The molecule has 0 saturated carbocycles. The van der Waals surface area contributed by atoms with Crippen LogP contribution in [-0.4, -0.2) is 16.6 Å². The summed E-state index contributed by atoms with van der Waals surface area (Å²) in [5.74, 6) is -0.559. The van der Waals surface area contributed by atoms with Crippen molar-refractivity contribution in [2.24, 2.45) is 0 Å². The SMILES string of the molecule is CC(=O)CC(=O)c1ncco1. The summed E-state index contributed by atoms with van der Waals surface area (Å²) in [6.45, 7) is 1.35. The lowest BCUT2D eigenvalue weighted by molar-refractivity contribution is -0.116. The van der Waals surface area contributed by atoms with E-state index in [4.69, 9.17) is 0 Å². The van der Waals surface area contributed by atoms with E-state index in [1.54, 1.807) is 0 Å². The maximum absolute atomic E-state index is 10.9. The molecule has 4 nitrogen and oxygen atoms in total. The standard InChI is InChI=1S/C7H7NO3/c1-5(9)4-6(10)7-8-2-3-11-7/h2-3H,4H2,1H3. The zero-order valence-corrected chi connectivity index (χ0v) is 6.03. The first kappa shape index (κ1) is 7.65. The lowest BCUT2D eigenvalue weighted by Gasteiger charge is -1.88. The quantitative estimate of drug-likeness (QED) is 0.476. The molecule has 1 heterocycles. The third-order valence-corrected chi connectivity index (χ3v) is 1.08. The molecule has 58 valence electrons. The Hall–Kier alpha value is -1.45. The van der Waals surface area contributed by atoms with Gasteiger partial charge in [-0.1, -0.05) is 0 Å². The zero-order chi connectivity index (χ0) is 8.27. The lowest BCUT2D eigenvalue weighted by Crippen LogP contribution is -2.04. The topological polar surface area (TPSA) is 60.2 Å². The lowest BCUT2D eigenvalue weighted by atomic mass is 10.2. The minimum Gasteiger partial charge on any atom is -0.442 e. The Morgan fingerprint density at radius 2 is 2.36 bits per heavy atom. The van der Waals surface area contributed by atoms with Crippen LogP contribution in [0.15, 0.2) is 16.9 Å². The molecule has 11 heavy (non-hydrogen) atoms. The van der Waals surface area contributed by atoms with Gasteiger partial charge < -0.3 is 4.42 Å². The summed E-state index contributed by atoms with van der Waals surface area (Å²) in [6.07, 6.45) is 2.53. The van der Waals surface area contributed by atoms with Gasteiger partial charge in [0.25, 0.3) is 5.89 Å². The van der Waals surface area contributed by atoms with Crippen molar-refractivity contribution in [1.29, 1.82) is 0 Å². The minimum atomic E-state index is -0.373. The molecule has 1 aromatic heterocycles. The van der Waals surface area contributed by atoms with Crippen molar-refractivity contribution < 1.29 is 14.0 Å². The molecule has 0 unspecified atom stereocenters. The molecule has 0 atom stereocenters. The first-order valence-corrected chi connectivity index (χ1v) is 3.12. The van der Waals surface area contributed by atoms with Crippen molar-refractivity contribution in [2.45, 2.75) is 13.3 Å². The molecule has 0 saturated heterocycles. The van der Waals surface area contributed by atoms with Gasteiger partial charge >= 0.3 is 0 Å². The molecule has 0 N–H and O–H groups in total. The Kier molecular flexibility index (Phi) is 2.15. The van der Waals surface area contributed by atoms with Crippen molar-refractivity contribution in [2.75, 3.05) is 0 Å². The Labute approximate surface area is 63.2 Å². The number of rotatable bonds is 3. The van der Waals surface area contributed by atoms with Crippen LogP contribution in [0.5, 0.6) is 0 Å². The molecule has 0 aliphatic rings. The number of carbonyl (C=O) groups excluding carboxylic acids is 2. The highest BCUT2D eigenvalue weighted by Crippen LogP contribution is 1.99. The molecule has 0 bridgehead atoms. The smallest absolute Gasteiger partial charge is 0.263 e. The Balaban J connectivity index is 2.64. The van der Waals surface area contributed by atoms with E-state index in [1.807, 2.05) is 0 Å². The van der Waals surface area contributed by atoms with Crippen molar-refractivity contribution in [1.82, 2.24) is 4.98 Å². The number of hydrogen-bond acceptors (Lipinski definition) is 4. The molecule has 0 radical (unpaired) electrons. The van der Waals surface area contributed by atoms with Crippen molar-refractivity contribution in [3.63, 3.8) is 0 Å². The first-order chi connectivity index (χ1) is 5.20. The maximum Gasteiger partial charge on any atom is 0.263 e. The highest BCUT2D eigenvalue weighted by Gasteiger charge is 2.11. The Bertz CT molecular complexity index is 263. The average Bonchev–Trinajstić information content (AvgIpc) is 2.35. The number of carbonyl (C=O) groups is 2. The van der Waals surface area contributed by atoms with E-state index >= 15 is 0 Å². The normalized spacial score (nSPS) is 9.55. The van der Waals surface area contributed by atoms with E-state index in [-0.39, 0.29) is 23.9 Å².